The van der Waals surface area contributed by atoms with Gasteiger partial charge in [-0.3, -0.25) is 14.5 Å². The van der Waals surface area contributed by atoms with Gasteiger partial charge in [0, 0.05) is 37.4 Å². The van der Waals surface area contributed by atoms with Crippen molar-refractivity contribution in [3.8, 4) is 0 Å². The Morgan fingerprint density at radius 3 is 3.00 bits per heavy atom. The number of methoxy groups -OCH3 is 1. The normalized spacial score (nSPS) is 19.9. The lowest BCUT2D eigenvalue weighted by molar-refractivity contribution is -0.123. The minimum absolute atomic E-state index is 0.0532. The number of nitrogens with zero attached hydrogens (tertiary/aromatic N) is 2. The van der Waals surface area contributed by atoms with Gasteiger partial charge in [-0.25, -0.2) is 0 Å². The topological polar surface area (TPSA) is 72.8 Å². The Morgan fingerprint density at radius 2 is 2.27 bits per heavy atom. The number of hydrogen-bond acceptors (Lipinski definition) is 6. The zero-order valence-electron chi connectivity index (χ0n) is 19.0. The number of carbonyl (C=O) groups is 2. The number of para-hydroxylation sites is 1. The van der Waals surface area contributed by atoms with Gasteiger partial charge in [0.2, 0.25) is 5.91 Å². The van der Waals surface area contributed by atoms with Crippen LogP contribution in [0.4, 0.5) is 0 Å². The van der Waals surface area contributed by atoms with Crippen LogP contribution in [0.25, 0.3) is 17.0 Å². The summed E-state index contributed by atoms with van der Waals surface area (Å²) in [6.07, 6.45) is 6.72. The van der Waals surface area contributed by atoms with Crippen LogP contribution in [0.1, 0.15) is 30.9 Å². The fraction of sp³-hybridized carbons (Fsp3) is 0.458. The molecule has 2 aliphatic rings. The van der Waals surface area contributed by atoms with Gasteiger partial charge in [-0.05, 0) is 30.9 Å². The van der Waals surface area contributed by atoms with Gasteiger partial charge in [0.05, 0.1) is 29.7 Å². The van der Waals surface area contributed by atoms with Crippen LogP contribution in [0.2, 0.25) is 0 Å². The summed E-state index contributed by atoms with van der Waals surface area (Å²) in [7, 11) is 1.61. The van der Waals surface area contributed by atoms with Crippen molar-refractivity contribution in [2.45, 2.75) is 38.8 Å². The van der Waals surface area contributed by atoms with E-state index in [1.165, 1.54) is 11.8 Å². The highest BCUT2D eigenvalue weighted by atomic mass is 32.2. The van der Waals surface area contributed by atoms with Crippen molar-refractivity contribution in [2.24, 2.45) is 0 Å². The second-order valence-electron chi connectivity index (χ2n) is 8.15. The van der Waals surface area contributed by atoms with Crippen LogP contribution in [-0.4, -0.2) is 65.1 Å². The van der Waals surface area contributed by atoms with Gasteiger partial charge in [0.15, 0.2) is 0 Å². The van der Waals surface area contributed by atoms with Gasteiger partial charge in [0.1, 0.15) is 10.9 Å². The Kier molecular flexibility index (Phi) is 7.85. The molecule has 1 aromatic carbocycles. The number of carbonyl (C=O) groups excluding carboxylic acids is 2. The molecule has 0 unspecified atom stereocenters. The van der Waals surface area contributed by atoms with Crippen LogP contribution < -0.4 is 5.32 Å². The average molecular weight is 488 g/mol. The summed E-state index contributed by atoms with van der Waals surface area (Å²) in [5.41, 5.74) is 3.08. The van der Waals surface area contributed by atoms with E-state index in [4.69, 9.17) is 21.7 Å². The molecule has 1 aromatic heterocycles. The SMILES string of the molecule is CCc1cccc2c(/C=C3\SC(=S)N(C[C@@H]4CCCO4)C3=O)cn(CC(=O)NCCOC)c12. The molecule has 4 rings (SSSR count). The van der Waals surface area contributed by atoms with E-state index in [0.717, 1.165) is 47.9 Å². The molecule has 2 aliphatic heterocycles. The third-order valence-corrected chi connectivity index (χ3v) is 7.28. The fourth-order valence-corrected chi connectivity index (χ4v) is 5.55. The number of hydrogen-bond donors (Lipinski definition) is 1. The number of thioether (sulfide) groups is 1. The molecule has 9 heteroatoms. The molecular formula is C24H29N3O4S2. The maximum atomic E-state index is 13.1. The van der Waals surface area contributed by atoms with Crippen molar-refractivity contribution < 1.29 is 19.1 Å². The number of amides is 2. The van der Waals surface area contributed by atoms with Crippen molar-refractivity contribution >= 4 is 57.1 Å². The summed E-state index contributed by atoms with van der Waals surface area (Å²) in [5, 5.41) is 3.89. The maximum absolute atomic E-state index is 13.1. The summed E-state index contributed by atoms with van der Waals surface area (Å²) in [5.74, 6) is -0.158. The first-order valence-electron chi connectivity index (χ1n) is 11.2. The van der Waals surface area contributed by atoms with Crippen LogP contribution >= 0.6 is 24.0 Å². The largest absolute Gasteiger partial charge is 0.383 e. The van der Waals surface area contributed by atoms with E-state index in [9.17, 15) is 9.59 Å². The first kappa shape index (κ1) is 23.9. The standard InChI is InChI=1S/C24H29N3O4S2/c1-3-16-6-4-8-19-17(13-26(22(16)19)15-21(28)25-9-11-30-2)12-20-23(29)27(24(32)33-20)14-18-7-5-10-31-18/h4,6,8,12-13,18H,3,5,7,9-11,14-15H2,1-2H3,(H,25,28)/b20-12-/t18-/m0/s1. The number of thiocarbonyl (C=S) groups is 1. The van der Waals surface area contributed by atoms with Crippen LogP contribution in [0.5, 0.6) is 0 Å². The highest BCUT2D eigenvalue weighted by Crippen LogP contribution is 2.35. The van der Waals surface area contributed by atoms with E-state index in [1.54, 1.807) is 12.0 Å². The predicted octanol–water partition coefficient (Wildman–Crippen LogP) is 3.35. The molecule has 2 fully saturated rings. The molecule has 2 aromatic rings. The van der Waals surface area contributed by atoms with Gasteiger partial charge in [-0.1, -0.05) is 49.1 Å². The smallest absolute Gasteiger partial charge is 0.266 e. The van der Waals surface area contributed by atoms with Gasteiger partial charge < -0.3 is 19.4 Å². The summed E-state index contributed by atoms with van der Waals surface area (Å²) < 4.78 is 13.2. The zero-order chi connectivity index (χ0) is 23.4. The maximum Gasteiger partial charge on any atom is 0.266 e. The molecular weight excluding hydrogens is 458 g/mol. The highest BCUT2D eigenvalue weighted by Gasteiger charge is 2.34. The van der Waals surface area contributed by atoms with Crippen molar-refractivity contribution in [2.75, 3.05) is 33.4 Å². The molecule has 0 aliphatic carbocycles. The number of ether oxygens (including phenoxy) is 2. The van der Waals surface area contributed by atoms with E-state index in [-0.39, 0.29) is 24.5 Å². The Balaban J connectivity index is 1.62. The van der Waals surface area contributed by atoms with Crippen molar-refractivity contribution in [1.82, 2.24) is 14.8 Å². The van der Waals surface area contributed by atoms with Crippen molar-refractivity contribution in [3.63, 3.8) is 0 Å². The molecule has 33 heavy (non-hydrogen) atoms. The number of benzene rings is 1. The fourth-order valence-electron chi connectivity index (χ4n) is 4.28. The number of aromatic nitrogens is 1. The van der Waals surface area contributed by atoms with Crippen LogP contribution in [0.3, 0.4) is 0 Å². The average Bonchev–Trinajstić information content (AvgIpc) is 3.50. The van der Waals surface area contributed by atoms with E-state index in [1.807, 2.05) is 29.0 Å². The lowest BCUT2D eigenvalue weighted by atomic mass is 10.1. The van der Waals surface area contributed by atoms with Crippen molar-refractivity contribution in [1.29, 1.82) is 0 Å². The van der Waals surface area contributed by atoms with Gasteiger partial charge in [-0.2, -0.15) is 0 Å². The third-order valence-electron chi connectivity index (χ3n) is 5.91. The van der Waals surface area contributed by atoms with Gasteiger partial charge >= 0.3 is 0 Å². The Morgan fingerprint density at radius 1 is 1.42 bits per heavy atom. The number of fused-ring (bicyclic) bond motifs is 1. The van der Waals surface area contributed by atoms with Gasteiger partial charge in [-0.15, -0.1) is 0 Å². The van der Waals surface area contributed by atoms with E-state index < -0.39 is 0 Å². The molecule has 0 spiro atoms. The molecule has 1 atom stereocenters. The van der Waals surface area contributed by atoms with Crippen LogP contribution in [0.15, 0.2) is 29.3 Å². The summed E-state index contributed by atoms with van der Waals surface area (Å²) in [4.78, 5) is 27.9. The Hall–Kier alpha value is -2.20. The van der Waals surface area contributed by atoms with Crippen LogP contribution in [0, 0.1) is 0 Å². The Bertz CT molecular complexity index is 1090. The highest BCUT2D eigenvalue weighted by molar-refractivity contribution is 8.26. The van der Waals surface area contributed by atoms with E-state index in [2.05, 4.69) is 18.3 Å². The third kappa shape index (κ3) is 5.32. The predicted molar refractivity (Wildman–Crippen MR) is 135 cm³/mol. The second-order valence-corrected chi connectivity index (χ2v) is 9.83. The minimum atomic E-state index is -0.0794. The first-order valence-corrected chi connectivity index (χ1v) is 12.5. The van der Waals surface area contributed by atoms with E-state index in [0.29, 0.717) is 28.9 Å². The summed E-state index contributed by atoms with van der Waals surface area (Å²) in [6, 6.07) is 6.13. The zero-order valence-corrected chi connectivity index (χ0v) is 20.6. The Labute approximate surface area is 203 Å². The molecule has 7 nitrogen and oxygen atoms in total. The van der Waals surface area contributed by atoms with Gasteiger partial charge in [0.25, 0.3) is 5.91 Å². The lowest BCUT2D eigenvalue weighted by Crippen LogP contribution is -2.35. The van der Waals surface area contributed by atoms with Crippen LogP contribution in [-0.2, 0) is 32.0 Å². The monoisotopic (exact) mass is 487 g/mol. The van der Waals surface area contributed by atoms with E-state index >= 15 is 0 Å². The molecule has 2 saturated heterocycles. The minimum Gasteiger partial charge on any atom is -0.383 e. The molecule has 3 heterocycles. The second kappa shape index (κ2) is 10.8. The molecule has 1 N–H and O–H groups in total. The molecule has 2 amide bonds. The molecule has 176 valence electrons. The number of aryl methyl sites for hydroxylation is 1. The van der Waals surface area contributed by atoms with Crippen molar-refractivity contribution in [3.05, 3.63) is 40.4 Å². The first-order chi connectivity index (χ1) is 16.0. The lowest BCUT2D eigenvalue weighted by Gasteiger charge is -2.18. The summed E-state index contributed by atoms with van der Waals surface area (Å²) >= 11 is 6.82. The quantitative estimate of drug-likeness (QED) is 0.332. The molecule has 0 saturated carbocycles. The number of nitrogens with one attached hydrogen (secondary N) is 1. The summed E-state index contributed by atoms with van der Waals surface area (Å²) in [6.45, 7) is 4.48. The number of rotatable bonds is 9. The molecule has 0 bridgehead atoms. The molecule has 0 radical (unpaired) electrons.